The Balaban J connectivity index is 1.82. The number of nitro groups is 1. The first kappa shape index (κ1) is 13.8. The molecule has 19 heavy (non-hydrogen) atoms. The Morgan fingerprint density at radius 1 is 1.53 bits per heavy atom. The Kier molecular flexibility index (Phi) is 4.36. The van der Waals surface area contributed by atoms with Gasteiger partial charge in [0.25, 0.3) is 0 Å². The normalized spacial score (nSPS) is 17.6. The number of nitrogens with one attached hydrogen (secondary N) is 1. The molecule has 0 spiro atoms. The smallest absolute Gasteiger partial charge is 0.363 e. The molecule has 0 amide bonds. The van der Waals surface area contributed by atoms with Crippen LogP contribution in [0.3, 0.4) is 0 Å². The van der Waals surface area contributed by atoms with Crippen molar-refractivity contribution in [1.82, 2.24) is 14.5 Å². The van der Waals surface area contributed by atoms with Gasteiger partial charge in [-0.1, -0.05) is 6.92 Å². The molecule has 1 fully saturated rings. The molecule has 0 aromatic carbocycles. The van der Waals surface area contributed by atoms with Gasteiger partial charge in [0.05, 0.1) is 0 Å². The molecule has 1 aromatic rings. The van der Waals surface area contributed by atoms with E-state index in [0.29, 0.717) is 12.4 Å². The Morgan fingerprint density at radius 3 is 2.84 bits per heavy atom. The van der Waals surface area contributed by atoms with Crippen molar-refractivity contribution < 1.29 is 4.92 Å². The molecule has 0 radical (unpaired) electrons. The number of nitrogens with zero attached hydrogens (tertiary/aromatic N) is 4. The molecular weight excluding hydrogens is 246 g/mol. The van der Waals surface area contributed by atoms with Gasteiger partial charge in [0, 0.05) is 20.1 Å². The zero-order chi connectivity index (χ0) is 13.8. The van der Waals surface area contributed by atoms with Crippen LogP contribution in [0, 0.1) is 16.0 Å². The van der Waals surface area contributed by atoms with E-state index in [-0.39, 0.29) is 5.82 Å². The third kappa shape index (κ3) is 3.44. The van der Waals surface area contributed by atoms with Crippen LogP contribution in [0.5, 0.6) is 0 Å². The molecule has 0 aliphatic carbocycles. The maximum absolute atomic E-state index is 10.8. The van der Waals surface area contributed by atoms with E-state index in [1.54, 1.807) is 11.6 Å². The molecule has 1 aliphatic rings. The number of hydrogen-bond donors (Lipinski definition) is 1. The molecule has 1 aliphatic heterocycles. The Bertz CT molecular complexity index is 437. The van der Waals surface area contributed by atoms with Gasteiger partial charge >= 0.3 is 5.82 Å². The molecule has 0 atom stereocenters. The SMILES string of the molecule is CC1CCN(CCNc2c([N+](=O)[O-])ncn2C)CC1. The lowest BCUT2D eigenvalue weighted by molar-refractivity contribution is -0.388. The summed E-state index contributed by atoms with van der Waals surface area (Å²) >= 11 is 0. The summed E-state index contributed by atoms with van der Waals surface area (Å²) in [6.07, 6.45) is 3.95. The average molecular weight is 267 g/mol. The van der Waals surface area contributed by atoms with Gasteiger partial charge in [-0.15, -0.1) is 0 Å². The largest absolute Gasteiger partial charge is 0.406 e. The van der Waals surface area contributed by atoms with E-state index < -0.39 is 4.92 Å². The number of aryl methyl sites for hydroxylation is 1. The molecule has 7 heteroatoms. The quantitative estimate of drug-likeness (QED) is 0.646. The van der Waals surface area contributed by atoms with Gasteiger partial charge in [-0.2, -0.15) is 0 Å². The van der Waals surface area contributed by atoms with E-state index in [9.17, 15) is 10.1 Å². The van der Waals surface area contributed by atoms with Crippen LogP contribution in [0.25, 0.3) is 0 Å². The van der Waals surface area contributed by atoms with E-state index in [1.807, 2.05) is 0 Å². The molecule has 106 valence electrons. The molecule has 0 unspecified atom stereocenters. The fraction of sp³-hybridized carbons (Fsp3) is 0.750. The highest BCUT2D eigenvalue weighted by Crippen LogP contribution is 2.21. The second-order valence-corrected chi connectivity index (χ2v) is 5.24. The molecule has 0 bridgehead atoms. The minimum absolute atomic E-state index is 0.102. The number of piperidine rings is 1. The van der Waals surface area contributed by atoms with Crippen LogP contribution in [0.4, 0.5) is 11.6 Å². The van der Waals surface area contributed by atoms with Crippen molar-refractivity contribution in [1.29, 1.82) is 0 Å². The summed E-state index contributed by atoms with van der Waals surface area (Å²) in [5, 5.41) is 13.9. The van der Waals surface area contributed by atoms with Crippen LogP contribution in [0.2, 0.25) is 0 Å². The maximum Gasteiger partial charge on any atom is 0.406 e. The van der Waals surface area contributed by atoms with Crippen molar-refractivity contribution in [3.05, 3.63) is 16.4 Å². The lowest BCUT2D eigenvalue weighted by Crippen LogP contribution is -2.36. The Morgan fingerprint density at radius 2 is 2.21 bits per heavy atom. The van der Waals surface area contributed by atoms with E-state index in [1.165, 1.54) is 19.2 Å². The Labute approximate surface area is 112 Å². The van der Waals surface area contributed by atoms with Crippen LogP contribution in [-0.4, -0.2) is 45.6 Å². The van der Waals surface area contributed by atoms with E-state index in [0.717, 1.165) is 25.6 Å². The molecule has 0 saturated carbocycles. The molecule has 1 N–H and O–H groups in total. The fourth-order valence-electron chi connectivity index (χ4n) is 2.37. The molecule has 2 rings (SSSR count). The Hall–Kier alpha value is -1.63. The number of imidazole rings is 1. The predicted molar refractivity (Wildman–Crippen MR) is 73.2 cm³/mol. The van der Waals surface area contributed by atoms with Crippen LogP contribution in [0.15, 0.2) is 6.33 Å². The molecule has 7 nitrogen and oxygen atoms in total. The highest BCUT2D eigenvalue weighted by atomic mass is 16.6. The summed E-state index contributed by atoms with van der Waals surface area (Å²) in [4.78, 5) is 16.5. The molecular formula is C12H21N5O2. The summed E-state index contributed by atoms with van der Waals surface area (Å²) in [5.74, 6) is 1.20. The van der Waals surface area contributed by atoms with E-state index >= 15 is 0 Å². The summed E-state index contributed by atoms with van der Waals surface area (Å²) in [7, 11) is 1.75. The van der Waals surface area contributed by atoms with Gasteiger partial charge in [-0.3, -0.25) is 4.57 Å². The van der Waals surface area contributed by atoms with Crippen molar-refractivity contribution in [2.24, 2.45) is 13.0 Å². The van der Waals surface area contributed by atoms with Crippen LogP contribution in [-0.2, 0) is 7.05 Å². The van der Waals surface area contributed by atoms with Crippen molar-refractivity contribution in [3.8, 4) is 0 Å². The zero-order valence-electron chi connectivity index (χ0n) is 11.5. The minimum Gasteiger partial charge on any atom is -0.363 e. The number of rotatable bonds is 5. The van der Waals surface area contributed by atoms with Crippen molar-refractivity contribution in [2.45, 2.75) is 19.8 Å². The number of aromatic nitrogens is 2. The van der Waals surface area contributed by atoms with Gasteiger partial charge in [-0.25, -0.2) is 0 Å². The van der Waals surface area contributed by atoms with Crippen molar-refractivity contribution in [3.63, 3.8) is 0 Å². The first-order chi connectivity index (χ1) is 9.08. The third-order valence-corrected chi connectivity index (χ3v) is 3.69. The number of anilines is 1. The number of hydrogen-bond acceptors (Lipinski definition) is 5. The van der Waals surface area contributed by atoms with Gasteiger partial charge < -0.3 is 20.3 Å². The highest BCUT2D eigenvalue weighted by Gasteiger charge is 2.20. The summed E-state index contributed by atoms with van der Waals surface area (Å²) in [6.45, 7) is 6.14. The van der Waals surface area contributed by atoms with Gasteiger partial charge in [0.1, 0.15) is 0 Å². The van der Waals surface area contributed by atoms with Crippen LogP contribution in [0.1, 0.15) is 19.8 Å². The average Bonchev–Trinajstić information content (AvgIpc) is 2.74. The fourth-order valence-corrected chi connectivity index (χ4v) is 2.37. The molecule has 2 heterocycles. The number of likely N-dealkylation sites (tertiary alicyclic amines) is 1. The molecule has 1 saturated heterocycles. The first-order valence-corrected chi connectivity index (χ1v) is 6.70. The van der Waals surface area contributed by atoms with Crippen molar-refractivity contribution >= 4 is 11.6 Å². The monoisotopic (exact) mass is 267 g/mol. The summed E-state index contributed by atoms with van der Waals surface area (Å²) in [6, 6.07) is 0. The zero-order valence-corrected chi connectivity index (χ0v) is 11.5. The second-order valence-electron chi connectivity index (χ2n) is 5.24. The lowest BCUT2D eigenvalue weighted by atomic mass is 9.99. The van der Waals surface area contributed by atoms with Gasteiger partial charge in [0.15, 0.2) is 0 Å². The predicted octanol–water partition coefficient (Wildman–Crippen LogP) is 1.47. The topological polar surface area (TPSA) is 76.2 Å². The third-order valence-electron chi connectivity index (χ3n) is 3.69. The standard InChI is InChI=1S/C12H21N5O2/c1-10-3-6-16(7-4-10)8-5-13-11-12(17(18)19)14-9-15(11)2/h9-10,13H,3-8H2,1-2H3. The summed E-state index contributed by atoms with van der Waals surface area (Å²) in [5.41, 5.74) is 0. The second kappa shape index (κ2) is 6.01. The van der Waals surface area contributed by atoms with Gasteiger partial charge in [-0.05, 0) is 41.8 Å². The maximum atomic E-state index is 10.8. The van der Waals surface area contributed by atoms with Crippen LogP contribution >= 0.6 is 0 Å². The molecule has 1 aromatic heterocycles. The van der Waals surface area contributed by atoms with E-state index in [2.05, 4.69) is 22.1 Å². The lowest BCUT2D eigenvalue weighted by Gasteiger charge is -2.30. The highest BCUT2D eigenvalue weighted by molar-refractivity contribution is 5.51. The van der Waals surface area contributed by atoms with Crippen molar-refractivity contribution in [2.75, 3.05) is 31.5 Å². The minimum atomic E-state index is -0.453. The van der Waals surface area contributed by atoms with E-state index in [4.69, 9.17) is 0 Å². The van der Waals surface area contributed by atoms with Gasteiger partial charge in [0.2, 0.25) is 12.1 Å². The summed E-state index contributed by atoms with van der Waals surface area (Å²) < 4.78 is 1.65. The first-order valence-electron chi connectivity index (χ1n) is 6.70. The van der Waals surface area contributed by atoms with Crippen LogP contribution < -0.4 is 5.32 Å².